The maximum Gasteiger partial charge on any atom is 0.359 e. The van der Waals surface area contributed by atoms with Crippen LogP contribution >= 0.6 is 0 Å². The number of carbonyl (C=O) groups excluding carboxylic acids is 1. The molecule has 0 heterocycles. The molecule has 0 aliphatic carbocycles. The van der Waals surface area contributed by atoms with Crippen LogP contribution in [0, 0.1) is 0 Å². The van der Waals surface area contributed by atoms with E-state index >= 15 is 0 Å². The lowest BCUT2D eigenvalue weighted by atomic mass is 11.1. The van der Waals surface area contributed by atoms with E-state index in [0.717, 1.165) is 0 Å². The summed E-state index contributed by atoms with van der Waals surface area (Å²) in [7, 11) is 1.35. The molecule has 3 nitrogen and oxygen atoms in total. The zero-order valence-corrected chi connectivity index (χ0v) is 2.86. The predicted octanol–water partition coefficient (Wildman–Crippen LogP) is -0.606. The van der Waals surface area contributed by atoms with Crippen molar-refractivity contribution in [1.29, 1.82) is 0 Å². The molecule has 3 heteroatoms. The molecule has 0 aromatic carbocycles. The van der Waals surface area contributed by atoms with Crippen LogP contribution in [0.5, 0.6) is 0 Å². The van der Waals surface area contributed by atoms with Crippen molar-refractivity contribution < 1.29 is 4.79 Å². The van der Waals surface area contributed by atoms with E-state index in [9.17, 15) is 4.79 Å². The van der Waals surface area contributed by atoms with Crippen molar-refractivity contribution in [3.63, 3.8) is 0 Å². The Morgan fingerprint density at radius 3 is 2.20 bits per heavy atom. The van der Waals surface area contributed by atoms with Crippen LogP contribution in [0.25, 0.3) is 0 Å². The summed E-state index contributed by atoms with van der Waals surface area (Å²) >= 11 is 0. The number of amides is 2. The lowest BCUT2D eigenvalue weighted by Crippen LogP contribution is -2.15. The quantitative estimate of drug-likeness (QED) is 0.408. The highest BCUT2D eigenvalue weighted by Gasteiger charge is 1.78. The van der Waals surface area contributed by atoms with E-state index in [4.69, 9.17) is 5.73 Å². The van der Waals surface area contributed by atoms with Crippen molar-refractivity contribution >= 4 is 6.03 Å². The Kier molecular flexibility index (Phi) is 1.35. The molecule has 0 unspecified atom stereocenters. The highest BCUT2D eigenvalue weighted by Crippen LogP contribution is 1.43. The Morgan fingerprint density at radius 2 is 2.20 bits per heavy atom. The molecule has 0 fully saturated rings. The molecule has 0 bridgehead atoms. The Morgan fingerprint density at radius 1 is 2.00 bits per heavy atom. The molecule has 0 aromatic rings. The molecular formula is C2H4N2O. The molecule has 0 atom stereocenters. The van der Waals surface area contributed by atoms with Gasteiger partial charge in [-0.2, -0.15) is 0 Å². The third kappa shape index (κ3) is 3.27. The Bertz CT molecular complexity index is 42.9. The molecule has 0 aliphatic heterocycles. The van der Waals surface area contributed by atoms with Crippen molar-refractivity contribution in [2.45, 2.75) is 0 Å². The fourth-order valence-electron chi connectivity index (χ4n) is 0. The van der Waals surface area contributed by atoms with E-state index in [1.807, 2.05) is 5.32 Å². The molecule has 28 valence electrons. The van der Waals surface area contributed by atoms with Gasteiger partial charge < -0.3 is 5.32 Å². The van der Waals surface area contributed by atoms with E-state index in [1.165, 1.54) is 7.05 Å². The molecule has 0 saturated carbocycles. The first-order valence-corrected chi connectivity index (χ1v) is 1.18. The second-order valence-electron chi connectivity index (χ2n) is 0.555. The van der Waals surface area contributed by atoms with Crippen LogP contribution in [0.15, 0.2) is 0 Å². The largest absolute Gasteiger partial charge is 0.359 e. The lowest BCUT2D eigenvalue weighted by Gasteiger charge is -1.75. The van der Waals surface area contributed by atoms with Crippen molar-refractivity contribution in [2.24, 2.45) is 0 Å². The summed E-state index contributed by atoms with van der Waals surface area (Å²) < 4.78 is 0. The van der Waals surface area contributed by atoms with Gasteiger partial charge in [0.05, 0.1) is 0 Å². The average Bonchev–Trinajstić information content (AvgIpc) is 1.38. The first-order valence-electron chi connectivity index (χ1n) is 1.18. The van der Waals surface area contributed by atoms with Gasteiger partial charge >= 0.3 is 6.03 Å². The van der Waals surface area contributed by atoms with Gasteiger partial charge in [-0.25, -0.2) is 4.79 Å². The van der Waals surface area contributed by atoms with E-state index in [0.29, 0.717) is 0 Å². The first-order chi connectivity index (χ1) is 2.27. The number of urea groups is 1. The van der Waals surface area contributed by atoms with Gasteiger partial charge in [-0.15, -0.1) is 0 Å². The van der Waals surface area contributed by atoms with Crippen LogP contribution in [-0.2, 0) is 0 Å². The number of nitrogens with zero attached hydrogens (tertiary/aromatic N) is 1. The monoisotopic (exact) mass is 72.0 g/mol. The minimum atomic E-state index is -0.995. The first kappa shape index (κ1) is 4.27. The van der Waals surface area contributed by atoms with Crippen molar-refractivity contribution in [3.8, 4) is 0 Å². The Balaban J connectivity index is 2.85. The van der Waals surface area contributed by atoms with Crippen LogP contribution < -0.4 is 11.1 Å². The number of nitrogens with one attached hydrogen (secondary N) is 1. The normalized spacial score (nSPS) is 6.60. The fraction of sp³-hybridized carbons (Fsp3) is 0.500. The smallest absolute Gasteiger partial charge is 0.338 e. The summed E-state index contributed by atoms with van der Waals surface area (Å²) in [6, 6.07) is -0.995. The molecular weight excluding hydrogens is 68.0 g/mol. The van der Waals surface area contributed by atoms with Gasteiger partial charge in [0.15, 0.2) is 0 Å². The van der Waals surface area contributed by atoms with Crippen molar-refractivity contribution in [3.05, 3.63) is 0 Å². The summed E-state index contributed by atoms with van der Waals surface area (Å²) in [4.78, 5) is 9.26. The van der Waals surface area contributed by atoms with Gasteiger partial charge in [-0.1, -0.05) is 5.73 Å². The molecule has 2 radical (unpaired) electrons. The summed E-state index contributed by atoms with van der Waals surface area (Å²) in [5.41, 5.74) is 7.61. The predicted molar refractivity (Wildman–Crippen MR) is 16.6 cm³/mol. The van der Waals surface area contributed by atoms with Crippen LogP contribution in [0.2, 0.25) is 0 Å². The molecule has 0 rings (SSSR count). The highest BCUT2D eigenvalue weighted by molar-refractivity contribution is 5.70. The minimum Gasteiger partial charge on any atom is -0.338 e. The van der Waals surface area contributed by atoms with Crippen LogP contribution in [0.4, 0.5) is 4.79 Å². The third-order valence-electron chi connectivity index (χ3n) is 0.214. The standard InChI is InChI=1S/C2H4N2O/c1-4-2(3)5/h1H3,(H,4,5). The number of rotatable bonds is 0. The Labute approximate surface area is 30.2 Å². The second kappa shape index (κ2) is 1.58. The minimum absolute atomic E-state index is 0.995. The van der Waals surface area contributed by atoms with Crippen LogP contribution in [0.3, 0.4) is 0 Å². The third-order valence-corrected chi connectivity index (χ3v) is 0.214. The van der Waals surface area contributed by atoms with Gasteiger partial charge in [-0.05, 0) is 0 Å². The van der Waals surface area contributed by atoms with Gasteiger partial charge in [0, 0.05) is 7.05 Å². The molecule has 0 saturated heterocycles. The molecule has 2 amide bonds. The molecule has 0 aromatic heterocycles. The van der Waals surface area contributed by atoms with Gasteiger partial charge in [0.25, 0.3) is 0 Å². The SMILES string of the molecule is CNC([N])=O. The fourth-order valence-corrected chi connectivity index (χ4v) is 0. The maximum atomic E-state index is 9.26. The summed E-state index contributed by atoms with van der Waals surface area (Å²) in [5, 5.41) is 1.94. The number of hydrogen-bond acceptors (Lipinski definition) is 1. The Hall–Kier alpha value is -0.730. The van der Waals surface area contributed by atoms with E-state index < -0.39 is 6.03 Å². The average molecular weight is 72.1 g/mol. The van der Waals surface area contributed by atoms with Gasteiger partial charge in [0.2, 0.25) is 0 Å². The zero-order valence-electron chi connectivity index (χ0n) is 2.86. The highest BCUT2D eigenvalue weighted by atomic mass is 16.2. The van der Waals surface area contributed by atoms with E-state index in [1.54, 1.807) is 0 Å². The second-order valence-corrected chi connectivity index (χ2v) is 0.555. The van der Waals surface area contributed by atoms with Crippen LogP contribution in [0.1, 0.15) is 0 Å². The summed E-state index contributed by atoms with van der Waals surface area (Å²) in [6.07, 6.45) is 0. The topological polar surface area (TPSA) is 51.4 Å². The van der Waals surface area contributed by atoms with E-state index in [2.05, 4.69) is 0 Å². The van der Waals surface area contributed by atoms with Crippen LogP contribution in [-0.4, -0.2) is 13.1 Å². The zero-order chi connectivity index (χ0) is 4.28. The van der Waals surface area contributed by atoms with E-state index in [-0.39, 0.29) is 0 Å². The maximum absolute atomic E-state index is 9.26. The molecule has 0 aliphatic rings. The van der Waals surface area contributed by atoms with Gasteiger partial charge in [0.1, 0.15) is 0 Å². The van der Waals surface area contributed by atoms with Crippen molar-refractivity contribution in [1.82, 2.24) is 11.1 Å². The van der Waals surface area contributed by atoms with Gasteiger partial charge in [-0.3, -0.25) is 0 Å². The molecule has 1 N–H and O–H groups in total. The lowest BCUT2D eigenvalue weighted by molar-refractivity contribution is 0.249. The number of hydrogen-bond donors (Lipinski definition) is 1. The summed E-state index contributed by atoms with van der Waals surface area (Å²) in [5.74, 6) is 0. The molecule has 0 spiro atoms. The number of carbonyl (C=O) groups is 1. The molecule has 5 heavy (non-hydrogen) atoms. The summed E-state index contributed by atoms with van der Waals surface area (Å²) in [6.45, 7) is 0. The van der Waals surface area contributed by atoms with Crippen molar-refractivity contribution in [2.75, 3.05) is 7.05 Å².